The maximum absolute atomic E-state index is 11.9. The number of nitrogens with zero attached hydrogens (tertiary/aromatic N) is 1. The first-order valence-corrected chi connectivity index (χ1v) is 6.00. The van der Waals surface area contributed by atoms with E-state index >= 15 is 0 Å². The van der Waals surface area contributed by atoms with Crippen LogP contribution >= 0.6 is 12.4 Å². The van der Waals surface area contributed by atoms with Gasteiger partial charge >= 0.3 is 0 Å². The van der Waals surface area contributed by atoms with E-state index in [0.717, 1.165) is 25.9 Å². The number of hydrogen-bond donors (Lipinski definition) is 2. The largest absolute Gasteiger partial charge is 0.448 e. The fourth-order valence-corrected chi connectivity index (χ4v) is 2.11. The standard InChI is InChI=1S/C12H19N3O2.ClH/c1-9-10(15-8-17-9)11(16)14-7-12(2)3-5-13-6-4-12;/h8,13H,3-7H2,1-2H3,(H,14,16);1H. The van der Waals surface area contributed by atoms with Gasteiger partial charge in [-0.25, -0.2) is 4.98 Å². The van der Waals surface area contributed by atoms with Gasteiger partial charge in [-0.2, -0.15) is 0 Å². The molecule has 1 aromatic heterocycles. The number of rotatable bonds is 3. The van der Waals surface area contributed by atoms with Crippen LogP contribution in [0.25, 0.3) is 0 Å². The first kappa shape index (κ1) is 15.0. The number of halogens is 1. The predicted molar refractivity (Wildman–Crippen MR) is 71.0 cm³/mol. The molecule has 0 spiro atoms. The summed E-state index contributed by atoms with van der Waals surface area (Å²) in [5, 5.41) is 6.27. The Morgan fingerprint density at radius 2 is 2.22 bits per heavy atom. The summed E-state index contributed by atoms with van der Waals surface area (Å²) in [6.07, 6.45) is 3.48. The van der Waals surface area contributed by atoms with Crippen LogP contribution in [-0.2, 0) is 0 Å². The van der Waals surface area contributed by atoms with E-state index in [1.165, 1.54) is 6.39 Å². The molecule has 1 aliphatic heterocycles. The number of aromatic nitrogens is 1. The minimum absolute atomic E-state index is 0. The predicted octanol–water partition coefficient (Wildman–Crippen LogP) is 1.52. The molecule has 0 atom stereocenters. The van der Waals surface area contributed by atoms with Gasteiger partial charge in [0.15, 0.2) is 12.1 Å². The second-order valence-corrected chi connectivity index (χ2v) is 5.00. The molecule has 1 saturated heterocycles. The average Bonchev–Trinajstić information content (AvgIpc) is 2.74. The minimum atomic E-state index is -0.143. The Kier molecular flexibility index (Phi) is 5.16. The lowest BCUT2D eigenvalue weighted by molar-refractivity contribution is 0.0916. The van der Waals surface area contributed by atoms with E-state index in [2.05, 4.69) is 22.5 Å². The summed E-state index contributed by atoms with van der Waals surface area (Å²) in [5.74, 6) is 0.425. The van der Waals surface area contributed by atoms with Gasteiger partial charge in [0.25, 0.3) is 5.91 Å². The highest BCUT2D eigenvalue weighted by Crippen LogP contribution is 2.26. The molecule has 1 fully saturated rings. The van der Waals surface area contributed by atoms with Crippen molar-refractivity contribution >= 4 is 18.3 Å². The molecule has 1 aliphatic rings. The van der Waals surface area contributed by atoms with Gasteiger partial charge in [-0.3, -0.25) is 4.79 Å². The fourth-order valence-electron chi connectivity index (χ4n) is 2.11. The van der Waals surface area contributed by atoms with Gasteiger partial charge in [0.1, 0.15) is 5.76 Å². The van der Waals surface area contributed by atoms with Gasteiger partial charge in [-0.05, 0) is 38.3 Å². The van der Waals surface area contributed by atoms with Gasteiger partial charge < -0.3 is 15.1 Å². The molecule has 0 aliphatic carbocycles. The van der Waals surface area contributed by atoms with E-state index in [9.17, 15) is 4.79 Å². The Morgan fingerprint density at radius 1 is 1.56 bits per heavy atom. The van der Waals surface area contributed by atoms with Crippen LogP contribution in [0.4, 0.5) is 0 Å². The molecule has 0 radical (unpaired) electrons. The second-order valence-electron chi connectivity index (χ2n) is 5.00. The van der Waals surface area contributed by atoms with Crippen molar-refractivity contribution in [1.82, 2.24) is 15.6 Å². The summed E-state index contributed by atoms with van der Waals surface area (Å²) in [4.78, 5) is 15.8. The number of oxazole rings is 1. The Balaban J connectivity index is 0.00000162. The van der Waals surface area contributed by atoms with E-state index in [0.29, 0.717) is 18.0 Å². The van der Waals surface area contributed by atoms with Crippen molar-refractivity contribution in [3.8, 4) is 0 Å². The summed E-state index contributed by atoms with van der Waals surface area (Å²) in [7, 11) is 0. The smallest absolute Gasteiger partial charge is 0.273 e. The zero-order valence-corrected chi connectivity index (χ0v) is 11.6. The van der Waals surface area contributed by atoms with E-state index in [1.807, 2.05) is 0 Å². The van der Waals surface area contributed by atoms with Crippen molar-refractivity contribution in [2.75, 3.05) is 19.6 Å². The molecule has 18 heavy (non-hydrogen) atoms. The first-order chi connectivity index (χ1) is 8.11. The number of carbonyl (C=O) groups is 1. The Labute approximate surface area is 113 Å². The first-order valence-electron chi connectivity index (χ1n) is 6.00. The fraction of sp³-hybridized carbons (Fsp3) is 0.667. The van der Waals surface area contributed by atoms with E-state index in [1.54, 1.807) is 6.92 Å². The monoisotopic (exact) mass is 273 g/mol. The van der Waals surface area contributed by atoms with Crippen molar-refractivity contribution in [3.05, 3.63) is 17.8 Å². The molecule has 0 bridgehead atoms. The number of carbonyl (C=O) groups excluding carboxylic acids is 1. The summed E-state index contributed by atoms with van der Waals surface area (Å²) < 4.78 is 5.02. The topological polar surface area (TPSA) is 67.2 Å². The normalized spacial score (nSPS) is 17.9. The molecule has 2 heterocycles. The number of hydrogen-bond acceptors (Lipinski definition) is 4. The number of amides is 1. The van der Waals surface area contributed by atoms with Gasteiger partial charge in [0.05, 0.1) is 0 Å². The minimum Gasteiger partial charge on any atom is -0.448 e. The summed E-state index contributed by atoms with van der Waals surface area (Å²) >= 11 is 0. The third-order valence-electron chi connectivity index (χ3n) is 3.45. The summed E-state index contributed by atoms with van der Waals surface area (Å²) in [6, 6.07) is 0. The quantitative estimate of drug-likeness (QED) is 0.876. The van der Waals surface area contributed by atoms with E-state index < -0.39 is 0 Å². The molecule has 6 heteroatoms. The zero-order valence-electron chi connectivity index (χ0n) is 10.8. The van der Waals surface area contributed by atoms with Crippen LogP contribution in [0.2, 0.25) is 0 Å². The Bertz CT molecular complexity index is 400. The number of nitrogens with one attached hydrogen (secondary N) is 2. The van der Waals surface area contributed by atoms with Gasteiger partial charge in [0.2, 0.25) is 0 Å². The van der Waals surface area contributed by atoms with Crippen molar-refractivity contribution in [2.24, 2.45) is 5.41 Å². The molecule has 0 aromatic carbocycles. The van der Waals surface area contributed by atoms with Crippen LogP contribution < -0.4 is 10.6 Å². The lowest BCUT2D eigenvalue weighted by Gasteiger charge is -2.34. The highest BCUT2D eigenvalue weighted by atomic mass is 35.5. The van der Waals surface area contributed by atoms with Crippen LogP contribution in [-0.4, -0.2) is 30.5 Å². The lowest BCUT2D eigenvalue weighted by atomic mass is 9.81. The van der Waals surface area contributed by atoms with Gasteiger partial charge in [-0.1, -0.05) is 6.92 Å². The molecule has 2 rings (SSSR count). The molecule has 1 amide bonds. The molecule has 5 nitrogen and oxygen atoms in total. The Morgan fingerprint density at radius 3 is 2.78 bits per heavy atom. The molecule has 2 N–H and O–H groups in total. The van der Waals surface area contributed by atoms with Crippen molar-refractivity contribution in [2.45, 2.75) is 26.7 Å². The van der Waals surface area contributed by atoms with Crippen LogP contribution in [0.3, 0.4) is 0 Å². The number of aryl methyl sites for hydroxylation is 1. The van der Waals surface area contributed by atoms with Crippen LogP contribution in [0.5, 0.6) is 0 Å². The molecule has 102 valence electrons. The molecule has 0 saturated carbocycles. The van der Waals surface area contributed by atoms with Gasteiger partial charge in [-0.15, -0.1) is 12.4 Å². The van der Waals surface area contributed by atoms with Crippen LogP contribution in [0, 0.1) is 12.3 Å². The van der Waals surface area contributed by atoms with Crippen molar-refractivity contribution < 1.29 is 9.21 Å². The SMILES string of the molecule is Cc1ocnc1C(=O)NCC1(C)CCNCC1.Cl. The maximum Gasteiger partial charge on any atom is 0.273 e. The zero-order chi connectivity index (χ0) is 12.3. The molecular formula is C12H20ClN3O2. The van der Waals surface area contributed by atoms with E-state index in [4.69, 9.17) is 4.42 Å². The maximum atomic E-state index is 11.9. The highest BCUT2D eigenvalue weighted by Gasteiger charge is 2.27. The highest BCUT2D eigenvalue weighted by molar-refractivity contribution is 5.93. The van der Waals surface area contributed by atoms with Crippen molar-refractivity contribution in [3.63, 3.8) is 0 Å². The van der Waals surface area contributed by atoms with E-state index in [-0.39, 0.29) is 23.7 Å². The third-order valence-corrected chi connectivity index (χ3v) is 3.45. The molecular weight excluding hydrogens is 254 g/mol. The lowest BCUT2D eigenvalue weighted by Crippen LogP contribution is -2.43. The Hall–Kier alpha value is -1.07. The van der Waals surface area contributed by atoms with Crippen LogP contribution in [0.1, 0.15) is 36.0 Å². The summed E-state index contributed by atoms with van der Waals surface area (Å²) in [6.45, 7) is 6.70. The third kappa shape index (κ3) is 3.46. The molecule has 1 aromatic rings. The van der Waals surface area contributed by atoms with Crippen LogP contribution in [0.15, 0.2) is 10.8 Å². The summed E-state index contributed by atoms with van der Waals surface area (Å²) in [5.41, 5.74) is 0.584. The average molecular weight is 274 g/mol. The van der Waals surface area contributed by atoms with Crippen molar-refractivity contribution in [1.29, 1.82) is 0 Å². The molecule has 0 unspecified atom stereocenters. The van der Waals surface area contributed by atoms with Gasteiger partial charge in [0, 0.05) is 6.54 Å². The second kappa shape index (κ2) is 6.20. The number of piperidine rings is 1.